The first-order chi connectivity index (χ1) is 9.60. The van der Waals surface area contributed by atoms with E-state index in [2.05, 4.69) is 10.8 Å². The van der Waals surface area contributed by atoms with Crippen molar-refractivity contribution in [1.82, 2.24) is 4.72 Å². The van der Waals surface area contributed by atoms with Crippen LogP contribution in [-0.2, 0) is 14.8 Å². The molecule has 0 heterocycles. The highest BCUT2D eigenvalue weighted by molar-refractivity contribution is 7.89. The van der Waals surface area contributed by atoms with Crippen LogP contribution in [0.5, 0.6) is 0 Å². The number of nitriles is 1. The van der Waals surface area contributed by atoms with Gasteiger partial charge in [0.2, 0.25) is 10.0 Å². The fourth-order valence-corrected chi connectivity index (χ4v) is 4.91. The summed E-state index contributed by atoms with van der Waals surface area (Å²) >= 11 is 0. The fourth-order valence-electron chi connectivity index (χ4n) is 2.81. The highest BCUT2D eigenvalue weighted by Gasteiger charge is 2.38. The molecule has 21 heavy (non-hydrogen) atoms. The molecule has 0 spiro atoms. The van der Waals surface area contributed by atoms with E-state index in [1.54, 1.807) is 13.8 Å². The summed E-state index contributed by atoms with van der Waals surface area (Å²) in [4.78, 5) is 10.6. The van der Waals surface area contributed by atoms with Crippen LogP contribution in [-0.4, -0.2) is 30.8 Å². The number of hydrogen-bond donors (Lipinski definition) is 2. The molecule has 1 rings (SSSR count). The minimum absolute atomic E-state index is 0.0983. The van der Waals surface area contributed by atoms with Crippen LogP contribution in [0, 0.1) is 16.7 Å². The highest BCUT2D eigenvalue weighted by Crippen LogP contribution is 2.37. The number of carbonyl (C=O) groups is 1. The lowest BCUT2D eigenvalue weighted by Gasteiger charge is -2.32. The summed E-state index contributed by atoms with van der Waals surface area (Å²) in [7, 11) is -3.62. The third-order valence-electron chi connectivity index (χ3n) is 3.91. The molecule has 0 unspecified atom stereocenters. The Morgan fingerprint density at radius 2 is 1.90 bits per heavy atom. The zero-order chi connectivity index (χ0) is 16.1. The van der Waals surface area contributed by atoms with E-state index < -0.39 is 26.9 Å². The number of nitrogens with zero attached hydrogens (tertiary/aromatic N) is 1. The van der Waals surface area contributed by atoms with Gasteiger partial charge in [-0.25, -0.2) is 13.1 Å². The molecule has 1 fully saturated rings. The minimum Gasteiger partial charge on any atom is -0.481 e. The molecule has 0 aromatic heterocycles. The van der Waals surface area contributed by atoms with Crippen molar-refractivity contribution in [3.63, 3.8) is 0 Å². The Kier molecular flexibility index (Phi) is 5.76. The Labute approximate surface area is 126 Å². The molecule has 0 amide bonds. The van der Waals surface area contributed by atoms with Crippen molar-refractivity contribution in [1.29, 1.82) is 5.26 Å². The predicted octanol–water partition coefficient (Wildman–Crippen LogP) is 2.02. The lowest BCUT2D eigenvalue weighted by molar-refractivity contribution is -0.137. The smallest absolute Gasteiger partial charge is 0.303 e. The Morgan fingerprint density at radius 3 is 2.38 bits per heavy atom. The summed E-state index contributed by atoms with van der Waals surface area (Å²) in [5.74, 6) is -1.16. The normalized spacial score (nSPS) is 18.9. The lowest BCUT2D eigenvalue weighted by Crippen LogP contribution is -2.47. The van der Waals surface area contributed by atoms with Crippen molar-refractivity contribution in [3.05, 3.63) is 0 Å². The molecule has 0 atom stereocenters. The Morgan fingerprint density at radius 1 is 1.33 bits per heavy atom. The van der Waals surface area contributed by atoms with E-state index in [1.165, 1.54) is 0 Å². The predicted molar refractivity (Wildman–Crippen MR) is 79.0 cm³/mol. The van der Waals surface area contributed by atoms with Crippen LogP contribution < -0.4 is 4.72 Å². The highest BCUT2D eigenvalue weighted by atomic mass is 32.2. The van der Waals surface area contributed by atoms with Gasteiger partial charge in [-0.2, -0.15) is 5.26 Å². The van der Waals surface area contributed by atoms with Crippen LogP contribution in [0.3, 0.4) is 0 Å². The summed E-state index contributed by atoms with van der Waals surface area (Å²) in [5, 5.41) is 18.1. The van der Waals surface area contributed by atoms with E-state index >= 15 is 0 Å². The van der Waals surface area contributed by atoms with Gasteiger partial charge in [0, 0.05) is 12.0 Å². The van der Waals surface area contributed by atoms with E-state index in [0.29, 0.717) is 12.8 Å². The van der Waals surface area contributed by atoms with E-state index in [-0.39, 0.29) is 18.6 Å². The number of sulfonamides is 1. The fraction of sp³-hybridized carbons (Fsp3) is 0.857. The zero-order valence-corrected chi connectivity index (χ0v) is 13.5. The maximum absolute atomic E-state index is 12.3. The maximum atomic E-state index is 12.3. The molecule has 1 aliphatic carbocycles. The average Bonchev–Trinajstić information content (AvgIpc) is 2.36. The van der Waals surface area contributed by atoms with Gasteiger partial charge in [-0.3, -0.25) is 4.79 Å². The van der Waals surface area contributed by atoms with Crippen molar-refractivity contribution >= 4 is 16.0 Å². The van der Waals surface area contributed by atoms with Gasteiger partial charge in [-0.05, 0) is 33.1 Å². The quantitative estimate of drug-likeness (QED) is 0.747. The number of aliphatic carboxylic acids is 1. The average molecular weight is 316 g/mol. The van der Waals surface area contributed by atoms with Crippen molar-refractivity contribution in [2.24, 2.45) is 5.41 Å². The van der Waals surface area contributed by atoms with Gasteiger partial charge in [0.05, 0.1) is 17.2 Å². The van der Waals surface area contributed by atoms with E-state index in [1.807, 2.05) is 0 Å². The van der Waals surface area contributed by atoms with Crippen LogP contribution in [0.15, 0.2) is 0 Å². The van der Waals surface area contributed by atoms with Gasteiger partial charge in [-0.15, -0.1) is 0 Å². The molecule has 0 radical (unpaired) electrons. The number of hydrogen-bond acceptors (Lipinski definition) is 4. The van der Waals surface area contributed by atoms with E-state index in [0.717, 1.165) is 19.3 Å². The van der Waals surface area contributed by atoms with Gasteiger partial charge >= 0.3 is 5.97 Å². The van der Waals surface area contributed by atoms with Gasteiger partial charge in [-0.1, -0.05) is 19.3 Å². The van der Waals surface area contributed by atoms with Gasteiger partial charge in [0.15, 0.2) is 0 Å². The van der Waals surface area contributed by atoms with Crippen LogP contribution in [0.1, 0.15) is 58.8 Å². The topological polar surface area (TPSA) is 107 Å². The lowest BCUT2D eigenvalue weighted by atomic mass is 9.77. The molecule has 0 aliphatic heterocycles. The summed E-state index contributed by atoms with van der Waals surface area (Å²) < 4.78 is 27.2. The molecule has 2 N–H and O–H groups in total. The monoisotopic (exact) mass is 316 g/mol. The molecule has 1 aliphatic rings. The Hall–Kier alpha value is -1.13. The van der Waals surface area contributed by atoms with Crippen molar-refractivity contribution in [2.75, 3.05) is 5.75 Å². The SMILES string of the molecule is CC(C)(CCC(=O)O)NS(=O)(=O)CC1(C#N)CCCCC1. The molecule has 120 valence electrons. The number of carboxylic acid groups (broad SMARTS) is 1. The summed E-state index contributed by atoms with van der Waals surface area (Å²) in [6, 6.07) is 2.20. The third kappa shape index (κ3) is 6.02. The first-order valence-corrected chi connectivity index (χ1v) is 8.90. The summed E-state index contributed by atoms with van der Waals surface area (Å²) in [6.45, 7) is 3.32. The molecule has 0 aromatic rings. The first-order valence-electron chi connectivity index (χ1n) is 7.25. The van der Waals surface area contributed by atoms with Crippen molar-refractivity contribution < 1.29 is 18.3 Å². The van der Waals surface area contributed by atoms with Crippen molar-refractivity contribution in [2.45, 2.75) is 64.3 Å². The molecular formula is C14H24N2O4S. The summed E-state index contributed by atoms with van der Waals surface area (Å²) in [5.41, 5.74) is -1.63. The largest absolute Gasteiger partial charge is 0.481 e. The molecule has 0 saturated heterocycles. The zero-order valence-electron chi connectivity index (χ0n) is 12.7. The van der Waals surface area contributed by atoms with E-state index in [9.17, 15) is 18.5 Å². The Balaban J connectivity index is 2.72. The van der Waals surface area contributed by atoms with Crippen LogP contribution in [0.2, 0.25) is 0 Å². The molecular weight excluding hydrogens is 292 g/mol. The first kappa shape index (κ1) is 17.9. The Bertz CT molecular complexity index is 514. The van der Waals surface area contributed by atoms with Crippen LogP contribution >= 0.6 is 0 Å². The minimum atomic E-state index is -3.62. The second-order valence-corrected chi connectivity index (χ2v) is 8.31. The van der Waals surface area contributed by atoms with Gasteiger partial charge < -0.3 is 5.11 Å². The van der Waals surface area contributed by atoms with Crippen molar-refractivity contribution in [3.8, 4) is 6.07 Å². The third-order valence-corrected chi connectivity index (χ3v) is 5.71. The van der Waals surface area contributed by atoms with Crippen LogP contribution in [0.25, 0.3) is 0 Å². The summed E-state index contributed by atoms with van der Waals surface area (Å²) in [6.07, 6.45) is 4.14. The second-order valence-electron chi connectivity index (χ2n) is 6.59. The second kappa shape index (κ2) is 6.75. The van der Waals surface area contributed by atoms with Gasteiger partial charge in [0.1, 0.15) is 0 Å². The standard InChI is InChI=1S/C14H24N2O4S/c1-13(2,9-6-12(17)18)16-21(19,20)11-14(10-15)7-4-3-5-8-14/h16H,3-9,11H2,1-2H3,(H,17,18). The van der Waals surface area contributed by atoms with Crippen LogP contribution in [0.4, 0.5) is 0 Å². The molecule has 1 saturated carbocycles. The molecule has 6 nitrogen and oxygen atoms in total. The number of carboxylic acids is 1. The number of rotatable bonds is 7. The molecule has 0 bridgehead atoms. The molecule has 7 heteroatoms. The maximum Gasteiger partial charge on any atom is 0.303 e. The molecule has 0 aromatic carbocycles. The number of nitrogens with one attached hydrogen (secondary N) is 1. The van der Waals surface area contributed by atoms with E-state index in [4.69, 9.17) is 5.11 Å². The van der Waals surface area contributed by atoms with Gasteiger partial charge in [0.25, 0.3) is 0 Å².